The highest BCUT2D eigenvalue weighted by Crippen LogP contribution is 2.34. The summed E-state index contributed by atoms with van der Waals surface area (Å²) < 4.78 is 23.6. The summed E-state index contributed by atoms with van der Waals surface area (Å²) in [6.45, 7) is 0. The Hall–Kier alpha value is -2.48. The number of hydrogen-bond acceptors (Lipinski definition) is 6. The van der Waals surface area contributed by atoms with Crippen LogP contribution < -0.4 is 9.47 Å². The van der Waals surface area contributed by atoms with Crippen LogP contribution in [0.3, 0.4) is 0 Å². The lowest BCUT2D eigenvalue weighted by atomic mass is 10.3. The number of halogens is 2. The van der Waals surface area contributed by atoms with Crippen LogP contribution >= 0.6 is 11.6 Å². The molecule has 0 aliphatic heterocycles. The van der Waals surface area contributed by atoms with Crippen LogP contribution in [0.5, 0.6) is 17.4 Å². The molecule has 0 saturated carbocycles. The molecule has 0 aliphatic rings. The standard InChI is InChI=1S/C11H7ClFN3O4/c1-19-8-3-2-6(16(17)18)4-9(8)20-10-7(13)5-14-11(12)15-10/h2-5H,1H3. The van der Waals surface area contributed by atoms with Crippen molar-refractivity contribution in [1.29, 1.82) is 0 Å². The third kappa shape index (κ3) is 2.91. The first-order valence-corrected chi connectivity index (χ1v) is 5.57. The van der Waals surface area contributed by atoms with Gasteiger partial charge in [0, 0.05) is 6.07 Å². The second-order valence-corrected chi connectivity index (χ2v) is 3.82. The third-order valence-corrected chi connectivity index (χ3v) is 2.43. The van der Waals surface area contributed by atoms with Gasteiger partial charge in [-0.25, -0.2) is 4.98 Å². The first-order chi connectivity index (χ1) is 9.51. The van der Waals surface area contributed by atoms with Crippen LogP contribution in [0.4, 0.5) is 10.1 Å². The van der Waals surface area contributed by atoms with Crippen molar-refractivity contribution in [2.24, 2.45) is 0 Å². The fourth-order valence-electron chi connectivity index (χ4n) is 1.37. The minimum Gasteiger partial charge on any atom is -0.493 e. The van der Waals surface area contributed by atoms with Crippen LogP contribution in [-0.2, 0) is 0 Å². The molecule has 104 valence electrons. The van der Waals surface area contributed by atoms with Crippen molar-refractivity contribution in [2.75, 3.05) is 7.11 Å². The van der Waals surface area contributed by atoms with Crippen LogP contribution in [0, 0.1) is 15.9 Å². The predicted molar refractivity (Wildman–Crippen MR) is 66.7 cm³/mol. The number of nitro benzene ring substituents is 1. The monoisotopic (exact) mass is 299 g/mol. The molecule has 0 fully saturated rings. The average molecular weight is 300 g/mol. The van der Waals surface area contributed by atoms with Gasteiger partial charge in [0.2, 0.25) is 11.1 Å². The minimum absolute atomic E-state index is 0.0598. The molecule has 0 spiro atoms. The summed E-state index contributed by atoms with van der Waals surface area (Å²) in [5.74, 6) is -1.19. The summed E-state index contributed by atoms with van der Waals surface area (Å²) in [4.78, 5) is 17.1. The predicted octanol–water partition coefficient (Wildman–Crippen LogP) is 2.98. The van der Waals surface area contributed by atoms with Gasteiger partial charge in [0.25, 0.3) is 11.6 Å². The maximum atomic E-state index is 13.5. The van der Waals surface area contributed by atoms with Gasteiger partial charge in [0.05, 0.1) is 24.3 Å². The van der Waals surface area contributed by atoms with Crippen molar-refractivity contribution in [3.05, 3.63) is 45.6 Å². The van der Waals surface area contributed by atoms with E-state index in [1.54, 1.807) is 0 Å². The Morgan fingerprint density at radius 2 is 2.15 bits per heavy atom. The Kier molecular flexibility index (Phi) is 3.94. The van der Waals surface area contributed by atoms with Crippen LogP contribution in [0.2, 0.25) is 5.28 Å². The Balaban J connectivity index is 2.43. The Morgan fingerprint density at radius 3 is 2.80 bits per heavy atom. The van der Waals surface area contributed by atoms with E-state index < -0.39 is 16.6 Å². The van der Waals surface area contributed by atoms with E-state index >= 15 is 0 Å². The summed E-state index contributed by atoms with van der Waals surface area (Å²) in [5, 5.41) is 10.5. The lowest BCUT2D eigenvalue weighted by Gasteiger charge is -2.09. The van der Waals surface area contributed by atoms with Gasteiger partial charge in [-0.1, -0.05) is 0 Å². The van der Waals surface area contributed by atoms with E-state index in [4.69, 9.17) is 21.1 Å². The molecule has 2 rings (SSSR count). The van der Waals surface area contributed by atoms with Gasteiger partial charge in [0.15, 0.2) is 11.5 Å². The summed E-state index contributed by atoms with van der Waals surface area (Å²) in [6.07, 6.45) is 0.828. The number of nitro groups is 1. The zero-order valence-electron chi connectivity index (χ0n) is 10.0. The first kappa shape index (κ1) is 13.9. The van der Waals surface area contributed by atoms with Crippen LogP contribution in [0.1, 0.15) is 0 Å². The molecule has 0 radical (unpaired) electrons. The second-order valence-electron chi connectivity index (χ2n) is 3.49. The van der Waals surface area contributed by atoms with Crippen molar-refractivity contribution < 1.29 is 18.8 Å². The molecule has 0 unspecified atom stereocenters. The molecule has 2 aromatic rings. The van der Waals surface area contributed by atoms with Crippen molar-refractivity contribution in [1.82, 2.24) is 9.97 Å². The topological polar surface area (TPSA) is 87.4 Å². The molecule has 1 aromatic carbocycles. The molecule has 0 atom stereocenters. The van der Waals surface area contributed by atoms with E-state index in [-0.39, 0.29) is 22.5 Å². The highest BCUT2D eigenvalue weighted by molar-refractivity contribution is 6.28. The summed E-state index contributed by atoms with van der Waals surface area (Å²) in [5.41, 5.74) is -0.235. The SMILES string of the molecule is COc1ccc([N+](=O)[O-])cc1Oc1nc(Cl)ncc1F. The summed E-state index contributed by atoms with van der Waals surface area (Å²) >= 11 is 5.53. The quantitative estimate of drug-likeness (QED) is 0.490. The molecule has 0 amide bonds. The van der Waals surface area contributed by atoms with Gasteiger partial charge in [-0.2, -0.15) is 9.37 Å². The number of benzene rings is 1. The number of aromatic nitrogens is 2. The molecule has 1 heterocycles. The number of nitrogens with zero attached hydrogens (tertiary/aromatic N) is 3. The van der Waals surface area contributed by atoms with Crippen LogP contribution in [-0.4, -0.2) is 22.0 Å². The lowest BCUT2D eigenvalue weighted by molar-refractivity contribution is -0.384. The smallest absolute Gasteiger partial charge is 0.273 e. The number of rotatable bonds is 4. The molecule has 0 saturated heterocycles. The molecule has 0 N–H and O–H groups in total. The van der Waals surface area contributed by atoms with Crippen molar-refractivity contribution >= 4 is 17.3 Å². The molecule has 20 heavy (non-hydrogen) atoms. The Bertz CT molecular complexity index is 668. The molecule has 1 aromatic heterocycles. The third-order valence-electron chi connectivity index (χ3n) is 2.25. The van der Waals surface area contributed by atoms with Gasteiger partial charge in [0.1, 0.15) is 0 Å². The zero-order chi connectivity index (χ0) is 14.7. The van der Waals surface area contributed by atoms with Gasteiger partial charge >= 0.3 is 0 Å². The van der Waals surface area contributed by atoms with E-state index in [0.29, 0.717) is 0 Å². The highest BCUT2D eigenvalue weighted by atomic mass is 35.5. The Morgan fingerprint density at radius 1 is 1.40 bits per heavy atom. The van der Waals surface area contributed by atoms with Gasteiger partial charge in [-0.15, -0.1) is 0 Å². The van der Waals surface area contributed by atoms with E-state index in [0.717, 1.165) is 12.3 Å². The largest absolute Gasteiger partial charge is 0.493 e. The molecular weight excluding hydrogens is 293 g/mol. The fraction of sp³-hybridized carbons (Fsp3) is 0.0909. The van der Waals surface area contributed by atoms with E-state index in [1.807, 2.05) is 0 Å². The lowest BCUT2D eigenvalue weighted by Crippen LogP contribution is -1.97. The minimum atomic E-state index is -0.858. The number of hydrogen-bond donors (Lipinski definition) is 0. The fourth-order valence-corrected chi connectivity index (χ4v) is 1.49. The number of non-ortho nitro benzene ring substituents is 1. The molecule has 9 heteroatoms. The van der Waals surface area contributed by atoms with Crippen LogP contribution in [0.25, 0.3) is 0 Å². The van der Waals surface area contributed by atoms with Gasteiger partial charge < -0.3 is 9.47 Å². The van der Waals surface area contributed by atoms with Crippen molar-refractivity contribution in [2.45, 2.75) is 0 Å². The molecular formula is C11H7ClFN3O4. The van der Waals surface area contributed by atoms with Gasteiger partial charge in [-0.3, -0.25) is 10.1 Å². The zero-order valence-corrected chi connectivity index (χ0v) is 10.8. The van der Waals surface area contributed by atoms with Crippen molar-refractivity contribution in [3.8, 4) is 17.4 Å². The maximum Gasteiger partial charge on any atom is 0.273 e. The van der Waals surface area contributed by atoms with E-state index in [9.17, 15) is 14.5 Å². The molecule has 0 aliphatic carbocycles. The van der Waals surface area contributed by atoms with Crippen LogP contribution in [0.15, 0.2) is 24.4 Å². The van der Waals surface area contributed by atoms with E-state index in [2.05, 4.69) is 9.97 Å². The Labute approximate surface area is 117 Å². The molecule has 7 nitrogen and oxygen atoms in total. The van der Waals surface area contributed by atoms with E-state index in [1.165, 1.54) is 19.2 Å². The molecule has 0 bridgehead atoms. The van der Waals surface area contributed by atoms with Gasteiger partial charge in [-0.05, 0) is 17.7 Å². The number of methoxy groups -OCH3 is 1. The highest BCUT2D eigenvalue weighted by Gasteiger charge is 2.16. The second kappa shape index (κ2) is 5.66. The summed E-state index contributed by atoms with van der Waals surface area (Å²) in [7, 11) is 1.34. The average Bonchev–Trinajstić information content (AvgIpc) is 2.42. The summed E-state index contributed by atoms with van der Waals surface area (Å²) in [6, 6.07) is 3.65. The maximum absolute atomic E-state index is 13.5. The van der Waals surface area contributed by atoms with Crippen molar-refractivity contribution in [3.63, 3.8) is 0 Å². The number of ether oxygens (including phenoxy) is 2. The normalized spacial score (nSPS) is 10.2. The first-order valence-electron chi connectivity index (χ1n) is 5.19.